The van der Waals surface area contributed by atoms with Crippen LogP contribution in [0.15, 0.2) is 22.7 Å². The van der Waals surface area contributed by atoms with Gasteiger partial charge in [-0.3, -0.25) is 0 Å². The zero-order chi connectivity index (χ0) is 13.8. The Morgan fingerprint density at radius 2 is 2.00 bits per heavy atom. The van der Waals surface area contributed by atoms with Crippen LogP contribution in [0.1, 0.15) is 45.1 Å². The van der Waals surface area contributed by atoms with E-state index in [9.17, 15) is 5.11 Å². The Morgan fingerprint density at radius 3 is 2.53 bits per heavy atom. The molecule has 0 atom stereocenters. The van der Waals surface area contributed by atoms with Gasteiger partial charge >= 0.3 is 0 Å². The topological polar surface area (TPSA) is 23.5 Å². The number of nitrogens with zero attached hydrogens (tertiary/aromatic N) is 1. The van der Waals surface area contributed by atoms with Crippen LogP contribution >= 0.6 is 15.9 Å². The number of anilines is 1. The number of hydrogen-bond donors (Lipinski definition) is 1. The highest BCUT2D eigenvalue weighted by Gasteiger charge is 2.24. The molecule has 1 saturated carbocycles. The average Bonchev–Trinajstić information content (AvgIpc) is 2.89. The smallest absolute Gasteiger partial charge is 0.0682 e. The van der Waals surface area contributed by atoms with Crippen LogP contribution in [0.4, 0.5) is 5.69 Å². The molecule has 1 aromatic rings. The molecule has 0 aromatic heterocycles. The molecule has 0 unspecified atom stereocenters. The predicted molar refractivity (Wildman–Crippen MR) is 84.5 cm³/mol. The van der Waals surface area contributed by atoms with E-state index in [4.69, 9.17) is 0 Å². The Bertz CT molecular complexity index is 413. The molecule has 0 amide bonds. The molecule has 19 heavy (non-hydrogen) atoms. The van der Waals surface area contributed by atoms with Crippen molar-refractivity contribution in [1.29, 1.82) is 0 Å². The van der Waals surface area contributed by atoms with Crippen LogP contribution in [0.25, 0.3) is 0 Å². The molecule has 0 spiro atoms. The summed E-state index contributed by atoms with van der Waals surface area (Å²) in [6.07, 6.45) is 5.32. The fraction of sp³-hybridized carbons (Fsp3) is 0.625. The normalized spacial score (nSPS) is 16.3. The van der Waals surface area contributed by atoms with E-state index in [2.05, 4.69) is 40.7 Å². The van der Waals surface area contributed by atoms with Gasteiger partial charge < -0.3 is 10.0 Å². The van der Waals surface area contributed by atoms with Crippen molar-refractivity contribution in [2.75, 3.05) is 11.4 Å². The summed E-state index contributed by atoms with van der Waals surface area (Å²) >= 11 is 3.67. The van der Waals surface area contributed by atoms with E-state index in [-0.39, 0.29) is 6.61 Å². The van der Waals surface area contributed by atoms with E-state index in [1.165, 1.54) is 31.4 Å². The largest absolute Gasteiger partial charge is 0.392 e. The molecule has 0 bridgehead atoms. The van der Waals surface area contributed by atoms with Crippen LogP contribution < -0.4 is 4.90 Å². The van der Waals surface area contributed by atoms with Crippen molar-refractivity contribution in [3.63, 3.8) is 0 Å². The van der Waals surface area contributed by atoms with Crippen LogP contribution in [-0.2, 0) is 6.61 Å². The number of halogens is 1. The van der Waals surface area contributed by atoms with Gasteiger partial charge in [0.15, 0.2) is 0 Å². The number of aliphatic hydroxyl groups is 1. The second-order valence-corrected chi connectivity index (χ2v) is 6.78. The molecule has 2 rings (SSSR count). The molecule has 1 aliphatic carbocycles. The van der Waals surface area contributed by atoms with Crippen LogP contribution in [0.3, 0.4) is 0 Å². The molecule has 1 aromatic carbocycles. The Morgan fingerprint density at radius 1 is 1.32 bits per heavy atom. The first kappa shape index (κ1) is 14.9. The molecule has 0 radical (unpaired) electrons. The van der Waals surface area contributed by atoms with Gasteiger partial charge in [-0.15, -0.1) is 0 Å². The average molecular weight is 326 g/mol. The zero-order valence-corrected chi connectivity index (χ0v) is 13.5. The van der Waals surface area contributed by atoms with Gasteiger partial charge in [0.25, 0.3) is 0 Å². The van der Waals surface area contributed by atoms with Crippen molar-refractivity contribution >= 4 is 21.6 Å². The first-order valence-corrected chi connectivity index (χ1v) is 8.07. The molecular formula is C16H24BrNO. The summed E-state index contributed by atoms with van der Waals surface area (Å²) in [4.78, 5) is 2.56. The van der Waals surface area contributed by atoms with Crippen molar-refractivity contribution in [3.8, 4) is 0 Å². The van der Waals surface area contributed by atoms with E-state index in [1.807, 2.05) is 12.1 Å². The fourth-order valence-electron chi connectivity index (χ4n) is 2.94. The van der Waals surface area contributed by atoms with Crippen molar-refractivity contribution in [2.45, 2.75) is 52.2 Å². The summed E-state index contributed by atoms with van der Waals surface area (Å²) in [5.74, 6) is 0.657. The number of aliphatic hydroxyl groups excluding tert-OH is 1. The van der Waals surface area contributed by atoms with E-state index >= 15 is 0 Å². The lowest BCUT2D eigenvalue weighted by Crippen LogP contribution is -2.36. The van der Waals surface area contributed by atoms with E-state index in [1.54, 1.807) is 0 Å². The lowest BCUT2D eigenvalue weighted by atomic mass is 10.1. The standard InChI is InChI=1S/C16H24BrNO/c1-12(2)10-18(14-5-3-4-6-14)16-8-7-13(11-19)9-15(16)17/h7-9,12,14,19H,3-6,10-11H2,1-2H3. The first-order valence-electron chi connectivity index (χ1n) is 7.27. The highest BCUT2D eigenvalue weighted by Crippen LogP contribution is 2.34. The van der Waals surface area contributed by atoms with Crippen molar-refractivity contribution < 1.29 is 5.11 Å². The second kappa shape index (κ2) is 6.76. The summed E-state index contributed by atoms with van der Waals surface area (Å²) in [5.41, 5.74) is 2.24. The summed E-state index contributed by atoms with van der Waals surface area (Å²) < 4.78 is 1.10. The molecule has 106 valence electrons. The van der Waals surface area contributed by atoms with Crippen LogP contribution in [0.2, 0.25) is 0 Å². The minimum Gasteiger partial charge on any atom is -0.392 e. The van der Waals surface area contributed by atoms with E-state index in [0.29, 0.717) is 12.0 Å². The van der Waals surface area contributed by atoms with Crippen molar-refractivity contribution in [3.05, 3.63) is 28.2 Å². The van der Waals surface area contributed by atoms with Crippen LogP contribution in [0, 0.1) is 5.92 Å². The molecule has 0 aliphatic heterocycles. The van der Waals surface area contributed by atoms with Gasteiger partial charge in [0.2, 0.25) is 0 Å². The summed E-state index contributed by atoms with van der Waals surface area (Å²) in [6.45, 7) is 5.75. The first-order chi connectivity index (χ1) is 9.11. The van der Waals surface area contributed by atoms with Gasteiger partial charge in [-0.1, -0.05) is 32.8 Å². The molecule has 2 nitrogen and oxygen atoms in total. The summed E-state index contributed by atoms with van der Waals surface area (Å²) in [5, 5.41) is 9.21. The van der Waals surface area contributed by atoms with Gasteiger partial charge in [0, 0.05) is 17.1 Å². The highest BCUT2D eigenvalue weighted by atomic mass is 79.9. The van der Waals surface area contributed by atoms with Gasteiger partial charge in [-0.05, 0) is 52.4 Å². The highest BCUT2D eigenvalue weighted by molar-refractivity contribution is 9.10. The Hall–Kier alpha value is -0.540. The van der Waals surface area contributed by atoms with Crippen LogP contribution in [0.5, 0.6) is 0 Å². The predicted octanol–water partition coefficient (Wildman–Crippen LogP) is 4.35. The quantitative estimate of drug-likeness (QED) is 0.870. The maximum atomic E-state index is 9.21. The van der Waals surface area contributed by atoms with Crippen molar-refractivity contribution in [2.24, 2.45) is 5.92 Å². The Balaban J connectivity index is 2.26. The molecule has 0 heterocycles. The van der Waals surface area contributed by atoms with Gasteiger partial charge in [-0.25, -0.2) is 0 Å². The minimum atomic E-state index is 0.104. The Kier molecular flexibility index (Phi) is 5.28. The fourth-order valence-corrected chi connectivity index (χ4v) is 3.59. The summed E-state index contributed by atoms with van der Waals surface area (Å²) in [6, 6.07) is 6.90. The molecule has 1 N–H and O–H groups in total. The number of hydrogen-bond acceptors (Lipinski definition) is 2. The Labute approximate surface area is 124 Å². The van der Waals surface area contributed by atoms with Gasteiger partial charge in [0.05, 0.1) is 12.3 Å². The van der Waals surface area contributed by atoms with Crippen LogP contribution in [-0.4, -0.2) is 17.7 Å². The lowest BCUT2D eigenvalue weighted by molar-refractivity contribution is 0.282. The van der Waals surface area contributed by atoms with E-state index < -0.39 is 0 Å². The second-order valence-electron chi connectivity index (χ2n) is 5.93. The molecule has 3 heteroatoms. The third-order valence-corrected chi connectivity index (χ3v) is 4.47. The number of benzene rings is 1. The monoisotopic (exact) mass is 325 g/mol. The lowest BCUT2D eigenvalue weighted by Gasteiger charge is -2.33. The van der Waals surface area contributed by atoms with Crippen molar-refractivity contribution in [1.82, 2.24) is 0 Å². The third kappa shape index (κ3) is 3.73. The molecule has 1 fully saturated rings. The SMILES string of the molecule is CC(C)CN(c1ccc(CO)cc1Br)C1CCCC1. The zero-order valence-electron chi connectivity index (χ0n) is 11.9. The van der Waals surface area contributed by atoms with E-state index in [0.717, 1.165) is 16.6 Å². The third-order valence-electron chi connectivity index (χ3n) is 3.83. The minimum absolute atomic E-state index is 0.104. The maximum Gasteiger partial charge on any atom is 0.0682 e. The maximum absolute atomic E-state index is 9.21. The summed E-state index contributed by atoms with van der Waals surface area (Å²) in [7, 11) is 0. The van der Waals surface area contributed by atoms with Gasteiger partial charge in [-0.2, -0.15) is 0 Å². The molecule has 1 aliphatic rings. The molecule has 0 saturated heterocycles. The molecular weight excluding hydrogens is 302 g/mol. The number of rotatable bonds is 5. The van der Waals surface area contributed by atoms with Gasteiger partial charge in [0.1, 0.15) is 0 Å².